The van der Waals surface area contributed by atoms with Crippen molar-refractivity contribution in [2.75, 3.05) is 31.1 Å². The first-order chi connectivity index (χ1) is 13.1. The van der Waals surface area contributed by atoms with Crippen molar-refractivity contribution in [2.24, 2.45) is 5.92 Å². The smallest absolute Gasteiger partial charge is 0.223 e. The lowest BCUT2D eigenvalue weighted by atomic mass is 10.0. The first-order valence-corrected chi connectivity index (χ1v) is 10.9. The number of carbonyl (C=O) groups excluding carboxylic acids is 1. The third kappa shape index (κ3) is 4.48. The lowest BCUT2D eigenvalue weighted by Crippen LogP contribution is -2.44. The van der Waals surface area contributed by atoms with E-state index in [2.05, 4.69) is 47.2 Å². The highest BCUT2D eigenvalue weighted by Gasteiger charge is 2.35. The summed E-state index contributed by atoms with van der Waals surface area (Å²) in [5.74, 6) is 0.911. The van der Waals surface area contributed by atoms with Gasteiger partial charge in [-0.15, -0.1) is 0 Å². The van der Waals surface area contributed by atoms with Gasteiger partial charge < -0.3 is 15.1 Å². The van der Waals surface area contributed by atoms with Gasteiger partial charge in [0, 0.05) is 50.4 Å². The number of anilines is 1. The molecule has 2 heterocycles. The highest BCUT2D eigenvalue weighted by molar-refractivity contribution is 5.79. The van der Waals surface area contributed by atoms with Crippen LogP contribution in [-0.4, -0.2) is 49.1 Å². The quantitative estimate of drug-likeness (QED) is 0.860. The molecule has 148 valence electrons. The minimum atomic E-state index is 0.401. The number of hydrogen-bond donors (Lipinski definition) is 1. The van der Waals surface area contributed by atoms with E-state index < -0.39 is 0 Å². The van der Waals surface area contributed by atoms with Gasteiger partial charge in [0.15, 0.2) is 0 Å². The zero-order valence-corrected chi connectivity index (χ0v) is 17.0. The molecule has 0 bridgehead atoms. The number of hydrogen-bond acceptors (Lipinski definition) is 3. The molecule has 1 N–H and O–H groups in total. The number of benzene rings is 1. The molecule has 1 aliphatic carbocycles. The van der Waals surface area contributed by atoms with Crippen molar-refractivity contribution in [3.05, 3.63) is 29.3 Å². The average molecular weight is 370 g/mol. The van der Waals surface area contributed by atoms with E-state index in [0.29, 0.717) is 23.9 Å². The molecule has 27 heavy (non-hydrogen) atoms. The van der Waals surface area contributed by atoms with E-state index in [1.807, 2.05) is 0 Å². The van der Waals surface area contributed by atoms with Crippen LogP contribution in [0.5, 0.6) is 0 Å². The van der Waals surface area contributed by atoms with Gasteiger partial charge in [-0.2, -0.15) is 0 Å². The Morgan fingerprint density at radius 2 is 1.67 bits per heavy atom. The maximum absolute atomic E-state index is 12.4. The Kier molecular flexibility index (Phi) is 5.72. The molecule has 1 saturated carbocycles. The number of aryl methyl sites for hydroxylation is 2. The van der Waals surface area contributed by atoms with Gasteiger partial charge in [0.1, 0.15) is 0 Å². The van der Waals surface area contributed by atoms with Crippen LogP contribution in [0.2, 0.25) is 0 Å². The summed E-state index contributed by atoms with van der Waals surface area (Å²) in [6, 6.07) is 8.01. The fourth-order valence-electron chi connectivity index (χ4n) is 5.32. The Balaban J connectivity index is 1.22. The number of piperidine rings is 1. The van der Waals surface area contributed by atoms with E-state index in [0.717, 1.165) is 32.6 Å². The van der Waals surface area contributed by atoms with E-state index in [1.165, 1.54) is 55.3 Å². The average Bonchev–Trinajstić information content (AvgIpc) is 3.29. The number of nitrogens with zero attached hydrogens (tertiary/aromatic N) is 2. The van der Waals surface area contributed by atoms with Gasteiger partial charge in [0.2, 0.25) is 5.91 Å². The van der Waals surface area contributed by atoms with Gasteiger partial charge in [-0.3, -0.25) is 4.79 Å². The van der Waals surface area contributed by atoms with Crippen LogP contribution >= 0.6 is 0 Å². The van der Waals surface area contributed by atoms with Crippen molar-refractivity contribution in [1.82, 2.24) is 10.2 Å². The van der Waals surface area contributed by atoms with Crippen molar-refractivity contribution in [2.45, 2.75) is 70.9 Å². The summed E-state index contributed by atoms with van der Waals surface area (Å²) in [7, 11) is 0. The summed E-state index contributed by atoms with van der Waals surface area (Å²) in [5.41, 5.74) is 4.07. The van der Waals surface area contributed by atoms with Crippen LogP contribution in [0.4, 0.5) is 5.69 Å². The second-order valence-corrected chi connectivity index (χ2v) is 9.07. The first kappa shape index (κ1) is 18.8. The molecule has 0 aromatic heterocycles. The molecule has 1 amide bonds. The zero-order valence-electron chi connectivity index (χ0n) is 17.0. The summed E-state index contributed by atoms with van der Waals surface area (Å²) in [5, 5.41) is 3.78. The van der Waals surface area contributed by atoms with Crippen molar-refractivity contribution in [3.8, 4) is 0 Å². The molecule has 1 aromatic rings. The number of carbonyl (C=O) groups is 1. The number of rotatable bonds is 5. The van der Waals surface area contributed by atoms with Gasteiger partial charge in [0.25, 0.3) is 0 Å². The standard InChI is InChI=1S/C23H35N3O/c1-17-11-18(2)13-22(12-17)25-9-7-20(8-10-25)24-15-19-14-23(27)26(16-19)21-5-3-4-6-21/h11-13,19-21,24H,3-10,14-16H2,1-2H3. The maximum atomic E-state index is 12.4. The summed E-state index contributed by atoms with van der Waals surface area (Å²) < 4.78 is 0. The maximum Gasteiger partial charge on any atom is 0.223 e. The first-order valence-electron chi connectivity index (χ1n) is 10.9. The highest BCUT2D eigenvalue weighted by atomic mass is 16.2. The minimum Gasteiger partial charge on any atom is -0.371 e. The normalized spacial score (nSPS) is 25.0. The van der Waals surface area contributed by atoms with Gasteiger partial charge in [-0.05, 0) is 68.7 Å². The van der Waals surface area contributed by atoms with Crippen LogP contribution < -0.4 is 10.2 Å². The molecule has 4 rings (SSSR count). The summed E-state index contributed by atoms with van der Waals surface area (Å²) in [6.45, 7) is 8.60. The lowest BCUT2D eigenvalue weighted by Gasteiger charge is -2.35. The van der Waals surface area contributed by atoms with Crippen molar-refractivity contribution < 1.29 is 4.79 Å². The third-order valence-corrected chi connectivity index (χ3v) is 6.77. The van der Waals surface area contributed by atoms with Crippen molar-refractivity contribution in [3.63, 3.8) is 0 Å². The number of nitrogens with one attached hydrogen (secondary N) is 1. The summed E-state index contributed by atoms with van der Waals surface area (Å²) in [4.78, 5) is 17.1. The third-order valence-electron chi connectivity index (χ3n) is 6.77. The van der Waals surface area contributed by atoms with Crippen LogP contribution in [-0.2, 0) is 4.79 Å². The van der Waals surface area contributed by atoms with E-state index in [9.17, 15) is 4.79 Å². The molecule has 0 spiro atoms. The van der Waals surface area contributed by atoms with Crippen LogP contribution in [0.15, 0.2) is 18.2 Å². The molecule has 3 fully saturated rings. The monoisotopic (exact) mass is 369 g/mol. The number of likely N-dealkylation sites (tertiary alicyclic amines) is 1. The zero-order chi connectivity index (χ0) is 18.8. The predicted octanol–water partition coefficient (Wildman–Crippen LogP) is 3.65. The second-order valence-electron chi connectivity index (χ2n) is 9.07. The molecule has 1 atom stereocenters. The lowest BCUT2D eigenvalue weighted by molar-refractivity contribution is -0.129. The predicted molar refractivity (Wildman–Crippen MR) is 111 cm³/mol. The van der Waals surface area contributed by atoms with E-state index >= 15 is 0 Å². The SMILES string of the molecule is Cc1cc(C)cc(N2CCC(NCC3CC(=O)N(C4CCCC4)C3)CC2)c1. The molecule has 2 aliphatic heterocycles. The Morgan fingerprint density at radius 1 is 1.00 bits per heavy atom. The van der Waals surface area contributed by atoms with E-state index in [1.54, 1.807) is 0 Å². The highest BCUT2D eigenvalue weighted by Crippen LogP contribution is 2.29. The minimum absolute atomic E-state index is 0.401. The molecule has 4 nitrogen and oxygen atoms in total. The number of amides is 1. The molecule has 2 saturated heterocycles. The Bertz CT molecular complexity index is 639. The van der Waals surface area contributed by atoms with Crippen molar-refractivity contribution in [1.29, 1.82) is 0 Å². The molecule has 0 radical (unpaired) electrons. The Morgan fingerprint density at radius 3 is 2.33 bits per heavy atom. The van der Waals surface area contributed by atoms with Crippen LogP contribution in [0.3, 0.4) is 0 Å². The van der Waals surface area contributed by atoms with Gasteiger partial charge in [-0.25, -0.2) is 0 Å². The van der Waals surface area contributed by atoms with Crippen LogP contribution in [0, 0.1) is 19.8 Å². The Labute approximate surface area is 164 Å². The Hall–Kier alpha value is -1.55. The fraction of sp³-hybridized carbons (Fsp3) is 0.696. The topological polar surface area (TPSA) is 35.6 Å². The largest absolute Gasteiger partial charge is 0.371 e. The van der Waals surface area contributed by atoms with Gasteiger partial charge in [-0.1, -0.05) is 18.9 Å². The summed E-state index contributed by atoms with van der Waals surface area (Å²) >= 11 is 0. The molecule has 1 aromatic carbocycles. The van der Waals surface area contributed by atoms with Crippen LogP contribution in [0.25, 0.3) is 0 Å². The molecular weight excluding hydrogens is 334 g/mol. The second kappa shape index (κ2) is 8.22. The molecule has 3 aliphatic rings. The van der Waals surface area contributed by atoms with Gasteiger partial charge >= 0.3 is 0 Å². The fourth-order valence-corrected chi connectivity index (χ4v) is 5.32. The molecule has 4 heteroatoms. The van der Waals surface area contributed by atoms with E-state index in [-0.39, 0.29) is 0 Å². The van der Waals surface area contributed by atoms with Gasteiger partial charge in [0.05, 0.1) is 0 Å². The van der Waals surface area contributed by atoms with E-state index in [4.69, 9.17) is 0 Å². The van der Waals surface area contributed by atoms with Crippen LogP contribution in [0.1, 0.15) is 56.1 Å². The van der Waals surface area contributed by atoms with Crippen molar-refractivity contribution >= 4 is 11.6 Å². The molecule has 1 unspecified atom stereocenters. The summed E-state index contributed by atoms with van der Waals surface area (Å²) in [6.07, 6.45) is 8.20. The molecular formula is C23H35N3O.